The standard InChI is InChI=1S/C27H23FNOSe/c1-16-10-11-18-19-12-13-20(28)25(23-15-17-7-3-4-9-22(17)31-23)27(19)30-26(18)24(16)21-8-5-6-14-29(21)2/h5-6,8,10-15H,3-4,7,9H2,1-2H3/q+1. The Hall–Kier alpha value is -2.68. The number of halogens is 1. The molecule has 0 fully saturated rings. The van der Waals surface area contributed by atoms with Gasteiger partial charge in [-0.25, -0.2) is 0 Å². The predicted molar refractivity (Wildman–Crippen MR) is 124 cm³/mol. The quantitative estimate of drug-likeness (QED) is 0.222. The summed E-state index contributed by atoms with van der Waals surface area (Å²) in [6.07, 6.45) is 6.85. The maximum atomic E-state index is 15.2. The van der Waals surface area contributed by atoms with Gasteiger partial charge in [-0.1, -0.05) is 0 Å². The van der Waals surface area contributed by atoms with Crippen LogP contribution in [0, 0.1) is 12.7 Å². The normalized spacial score (nSPS) is 13.8. The summed E-state index contributed by atoms with van der Waals surface area (Å²) in [6, 6.07) is 16.2. The van der Waals surface area contributed by atoms with Gasteiger partial charge < -0.3 is 0 Å². The van der Waals surface area contributed by atoms with Crippen molar-refractivity contribution in [1.82, 2.24) is 0 Å². The summed E-state index contributed by atoms with van der Waals surface area (Å²) in [6.45, 7) is 2.11. The molecule has 0 saturated heterocycles. The first-order valence-corrected chi connectivity index (χ1v) is 12.5. The van der Waals surface area contributed by atoms with Crippen LogP contribution >= 0.6 is 0 Å². The van der Waals surface area contributed by atoms with Gasteiger partial charge in [0.1, 0.15) is 0 Å². The molecule has 4 heteroatoms. The fourth-order valence-corrected chi connectivity index (χ4v) is 7.64. The van der Waals surface area contributed by atoms with Crippen molar-refractivity contribution in [2.45, 2.75) is 32.6 Å². The Morgan fingerprint density at radius 1 is 0.935 bits per heavy atom. The molecule has 3 aromatic heterocycles. The molecule has 0 spiro atoms. The summed E-state index contributed by atoms with van der Waals surface area (Å²) in [7, 11) is 2.05. The Bertz CT molecular complexity index is 1450. The van der Waals surface area contributed by atoms with Gasteiger partial charge in [-0.05, 0) is 0 Å². The maximum absolute atomic E-state index is 15.2. The molecule has 6 rings (SSSR count). The van der Waals surface area contributed by atoms with Crippen molar-refractivity contribution in [3.8, 4) is 21.3 Å². The van der Waals surface area contributed by atoms with Crippen LogP contribution in [-0.2, 0) is 19.9 Å². The summed E-state index contributed by atoms with van der Waals surface area (Å²) in [5, 5.41) is 2.04. The van der Waals surface area contributed by atoms with Crippen LogP contribution in [0.2, 0.25) is 0 Å². The van der Waals surface area contributed by atoms with E-state index in [1.165, 1.54) is 24.8 Å². The molecule has 2 nitrogen and oxygen atoms in total. The summed E-state index contributed by atoms with van der Waals surface area (Å²) in [4.78, 5) is 0. The van der Waals surface area contributed by atoms with Gasteiger partial charge in [0, 0.05) is 0 Å². The number of furan rings is 1. The predicted octanol–water partition coefficient (Wildman–Crippen LogP) is 6.13. The summed E-state index contributed by atoms with van der Waals surface area (Å²) >= 11 is 0.189. The van der Waals surface area contributed by atoms with E-state index in [-0.39, 0.29) is 20.3 Å². The third-order valence-electron chi connectivity index (χ3n) is 6.52. The molecule has 0 aliphatic heterocycles. The molecule has 0 radical (unpaired) electrons. The van der Waals surface area contributed by atoms with Gasteiger partial charge in [0.2, 0.25) is 0 Å². The molecule has 3 heterocycles. The third-order valence-corrected chi connectivity index (χ3v) is 9.15. The first-order valence-electron chi connectivity index (χ1n) is 10.8. The van der Waals surface area contributed by atoms with Gasteiger partial charge in [0.25, 0.3) is 0 Å². The van der Waals surface area contributed by atoms with Crippen molar-refractivity contribution in [3.63, 3.8) is 0 Å². The van der Waals surface area contributed by atoms with E-state index in [1.54, 1.807) is 10.5 Å². The average Bonchev–Trinajstić information content (AvgIpc) is 3.35. The Labute approximate surface area is 186 Å². The summed E-state index contributed by atoms with van der Waals surface area (Å²) < 4.78 is 26.6. The molecule has 1 aliphatic rings. The van der Waals surface area contributed by atoms with Gasteiger partial charge in [-0.2, -0.15) is 0 Å². The van der Waals surface area contributed by atoms with Gasteiger partial charge in [-0.15, -0.1) is 0 Å². The Balaban J connectivity index is 1.67. The van der Waals surface area contributed by atoms with Crippen LogP contribution in [0.25, 0.3) is 43.2 Å². The minimum atomic E-state index is -0.178. The number of benzene rings is 2. The van der Waals surface area contributed by atoms with E-state index in [9.17, 15) is 0 Å². The molecular formula is C27H23FNOSe+. The molecular weight excluding hydrogens is 452 g/mol. The summed E-state index contributed by atoms with van der Waals surface area (Å²) in [5.74, 6) is -0.178. The van der Waals surface area contributed by atoms with Gasteiger partial charge in [0.15, 0.2) is 0 Å². The van der Waals surface area contributed by atoms with E-state index < -0.39 is 0 Å². The molecule has 0 N–H and O–H groups in total. The van der Waals surface area contributed by atoms with E-state index in [0.29, 0.717) is 11.1 Å². The van der Waals surface area contributed by atoms with Gasteiger partial charge in [0.05, 0.1) is 0 Å². The van der Waals surface area contributed by atoms with E-state index in [0.717, 1.165) is 44.0 Å². The topological polar surface area (TPSA) is 17.0 Å². The molecule has 0 bridgehead atoms. The van der Waals surface area contributed by atoms with E-state index in [4.69, 9.17) is 4.42 Å². The molecule has 0 saturated carbocycles. The zero-order valence-electron chi connectivity index (χ0n) is 17.7. The van der Waals surface area contributed by atoms with Crippen molar-refractivity contribution < 1.29 is 13.4 Å². The Kier molecular flexibility index (Phi) is 4.41. The van der Waals surface area contributed by atoms with Crippen molar-refractivity contribution in [3.05, 3.63) is 76.1 Å². The molecule has 0 unspecified atom stereocenters. The SMILES string of the molecule is Cc1ccc2c(oc3c(-c4cc5c([se]4)CCCC5)c(F)ccc32)c1-c1cccc[n+]1C. The molecule has 0 amide bonds. The van der Waals surface area contributed by atoms with Crippen LogP contribution in [0.1, 0.15) is 28.4 Å². The first kappa shape index (κ1) is 19.0. The van der Waals surface area contributed by atoms with Crippen molar-refractivity contribution in [2.24, 2.45) is 7.05 Å². The van der Waals surface area contributed by atoms with Gasteiger partial charge in [-0.3, -0.25) is 0 Å². The molecule has 31 heavy (non-hydrogen) atoms. The van der Waals surface area contributed by atoms with Crippen LogP contribution in [0.5, 0.6) is 0 Å². The Morgan fingerprint density at radius 2 is 1.71 bits per heavy atom. The number of fused-ring (bicyclic) bond motifs is 4. The number of aryl methyl sites for hydroxylation is 4. The van der Waals surface area contributed by atoms with Crippen LogP contribution in [-0.4, -0.2) is 14.5 Å². The zero-order valence-corrected chi connectivity index (χ0v) is 19.4. The second-order valence-corrected chi connectivity index (χ2v) is 10.9. The second kappa shape index (κ2) is 7.19. The van der Waals surface area contributed by atoms with E-state index >= 15 is 4.39 Å². The minimum absolute atomic E-state index is 0.178. The number of hydrogen-bond donors (Lipinski definition) is 0. The molecule has 5 aromatic rings. The monoisotopic (exact) mass is 476 g/mol. The van der Waals surface area contributed by atoms with Gasteiger partial charge >= 0.3 is 187 Å². The number of rotatable bonds is 2. The molecule has 154 valence electrons. The van der Waals surface area contributed by atoms with Crippen LogP contribution in [0.4, 0.5) is 4.39 Å². The number of nitrogens with zero attached hydrogens (tertiary/aromatic N) is 1. The Morgan fingerprint density at radius 3 is 2.52 bits per heavy atom. The zero-order chi connectivity index (χ0) is 21.1. The van der Waals surface area contributed by atoms with Crippen LogP contribution < -0.4 is 4.57 Å². The van der Waals surface area contributed by atoms with E-state index in [1.807, 2.05) is 31.4 Å². The van der Waals surface area contributed by atoms with Crippen molar-refractivity contribution in [2.75, 3.05) is 0 Å². The second-order valence-electron chi connectivity index (χ2n) is 8.50. The molecule has 2 aromatic carbocycles. The fourth-order valence-electron chi connectivity index (χ4n) is 4.92. The summed E-state index contributed by atoms with van der Waals surface area (Å²) in [5.41, 5.74) is 6.96. The average molecular weight is 475 g/mol. The first-order chi connectivity index (χ1) is 15.1. The third kappa shape index (κ3) is 2.93. The van der Waals surface area contributed by atoms with Crippen molar-refractivity contribution in [1.29, 1.82) is 0 Å². The number of pyridine rings is 1. The van der Waals surface area contributed by atoms with E-state index in [2.05, 4.69) is 35.8 Å². The van der Waals surface area contributed by atoms with Crippen LogP contribution in [0.15, 0.2) is 59.1 Å². The number of aromatic nitrogens is 1. The molecule has 0 atom stereocenters. The van der Waals surface area contributed by atoms with Crippen molar-refractivity contribution >= 4 is 36.4 Å². The number of hydrogen-bond acceptors (Lipinski definition) is 1. The fraction of sp³-hybridized carbons (Fsp3) is 0.222. The van der Waals surface area contributed by atoms with Crippen LogP contribution in [0.3, 0.4) is 0 Å². The molecule has 1 aliphatic carbocycles.